The lowest BCUT2D eigenvalue weighted by molar-refractivity contribution is 0.203. The molecule has 0 unspecified atom stereocenters. The third-order valence-corrected chi connectivity index (χ3v) is 5.80. The molecule has 6 nitrogen and oxygen atoms in total. The number of rotatable bonds is 4. The highest BCUT2D eigenvalue weighted by Gasteiger charge is 2.22. The van der Waals surface area contributed by atoms with E-state index in [0.29, 0.717) is 11.6 Å². The van der Waals surface area contributed by atoms with E-state index in [2.05, 4.69) is 4.90 Å². The van der Waals surface area contributed by atoms with Gasteiger partial charge in [-0.3, -0.25) is 0 Å². The zero-order valence-electron chi connectivity index (χ0n) is 12.5. The van der Waals surface area contributed by atoms with Crippen LogP contribution in [-0.2, 0) is 10.0 Å². The van der Waals surface area contributed by atoms with Gasteiger partial charge in [0.25, 0.3) is 0 Å². The predicted octanol–water partition coefficient (Wildman–Crippen LogP) is 0.728. The molecule has 0 bridgehead atoms. The molecule has 7 heteroatoms. The Morgan fingerprint density at radius 1 is 1.33 bits per heavy atom. The van der Waals surface area contributed by atoms with Crippen molar-refractivity contribution in [2.24, 2.45) is 5.92 Å². The summed E-state index contributed by atoms with van der Waals surface area (Å²) in [4.78, 5) is 2.35. The Morgan fingerprint density at radius 3 is 2.43 bits per heavy atom. The van der Waals surface area contributed by atoms with Crippen molar-refractivity contribution in [1.82, 2.24) is 4.31 Å². The van der Waals surface area contributed by atoms with E-state index in [1.165, 1.54) is 24.5 Å². The fourth-order valence-corrected chi connectivity index (χ4v) is 3.49. The smallest absolute Gasteiger partial charge is 0.242 e. The molecule has 0 atom stereocenters. The van der Waals surface area contributed by atoms with Crippen molar-refractivity contribution in [1.29, 1.82) is 0 Å². The molecular formula is C14H23N3O3S. The van der Waals surface area contributed by atoms with Crippen LogP contribution < -0.4 is 10.6 Å². The van der Waals surface area contributed by atoms with Crippen molar-refractivity contribution in [3.05, 3.63) is 18.2 Å². The van der Waals surface area contributed by atoms with Gasteiger partial charge in [-0.15, -0.1) is 0 Å². The Hall–Kier alpha value is -1.31. The topological polar surface area (TPSA) is 86.9 Å². The first-order valence-corrected chi connectivity index (χ1v) is 8.48. The number of piperidine rings is 1. The summed E-state index contributed by atoms with van der Waals surface area (Å²) in [5.74, 6) is 0.357. The highest BCUT2D eigenvalue weighted by atomic mass is 32.2. The van der Waals surface area contributed by atoms with Crippen molar-refractivity contribution in [2.45, 2.75) is 17.7 Å². The maximum atomic E-state index is 12.1. The van der Waals surface area contributed by atoms with Crippen LogP contribution in [-0.4, -0.2) is 51.6 Å². The van der Waals surface area contributed by atoms with Crippen molar-refractivity contribution in [3.8, 4) is 0 Å². The summed E-state index contributed by atoms with van der Waals surface area (Å²) in [5.41, 5.74) is 7.38. The average Bonchev–Trinajstić information content (AvgIpc) is 2.47. The second kappa shape index (κ2) is 6.21. The summed E-state index contributed by atoms with van der Waals surface area (Å²) in [6, 6.07) is 4.88. The molecule has 1 aromatic rings. The van der Waals surface area contributed by atoms with E-state index in [0.717, 1.165) is 31.6 Å². The normalized spacial score (nSPS) is 17.4. The fraction of sp³-hybridized carbons (Fsp3) is 0.571. The van der Waals surface area contributed by atoms with Crippen LogP contribution >= 0.6 is 0 Å². The Balaban J connectivity index is 2.21. The maximum Gasteiger partial charge on any atom is 0.242 e. The molecule has 1 aliphatic heterocycles. The number of nitrogens with two attached hydrogens (primary N) is 1. The van der Waals surface area contributed by atoms with Crippen LogP contribution in [0.15, 0.2) is 23.1 Å². The van der Waals surface area contributed by atoms with Gasteiger partial charge in [0, 0.05) is 33.8 Å². The Kier molecular flexibility index (Phi) is 4.75. The Bertz CT molecular complexity index is 593. The van der Waals surface area contributed by atoms with Crippen molar-refractivity contribution >= 4 is 21.4 Å². The number of anilines is 2. The van der Waals surface area contributed by atoms with Crippen LogP contribution in [0.4, 0.5) is 11.4 Å². The molecule has 21 heavy (non-hydrogen) atoms. The van der Waals surface area contributed by atoms with Gasteiger partial charge in [0.2, 0.25) is 10.0 Å². The molecule has 1 saturated heterocycles. The third kappa shape index (κ3) is 3.30. The highest BCUT2D eigenvalue weighted by molar-refractivity contribution is 7.89. The van der Waals surface area contributed by atoms with E-state index in [9.17, 15) is 8.42 Å². The van der Waals surface area contributed by atoms with E-state index >= 15 is 0 Å². The molecule has 2 rings (SSSR count). The lowest BCUT2D eigenvalue weighted by Crippen LogP contribution is -2.35. The molecular weight excluding hydrogens is 290 g/mol. The summed E-state index contributed by atoms with van der Waals surface area (Å²) in [5, 5.41) is 9.17. The van der Waals surface area contributed by atoms with Crippen molar-refractivity contribution < 1.29 is 13.5 Å². The molecule has 118 valence electrons. The van der Waals surface area contributed by atoms with Gasteiger partial charge in [-0.05, 0) is 37.0 Å². The largest absolute Gasteiger partial charge is 0.397 e. The molecule has 0 aliphatic carbocycles. The second-order valence-electron chi connectivity index (χ2n) is 5.62. The maximum absolute atomic E-state index is 12.1. The van der Waals surface area contributed by atoms with Gasteiger partial charge in [0.1, 0.15) is 0 Å². The Morgan fingerprint density at radius 2 is 1.95 bits per heavy atom. The number of nitrogen functional groups attached to an aromatic ring is 1. The molecule has 0 aromatic heterocycles. The van der Waals surface area contributed by atoms with Gasteiger partial charge < -0.3 is 15.7 Å². The minimum absolute atomic E-state index is 0.207. The summed E-state index contributed by atoms with van der Waals surface area (Å²) < 4.78 is 25.3. The molecule has 1 aromatic carbocycles. The number of sulfonamides is 1. The number of aliphatic hydroxyl groups is 1. The van der Waals surface area contributed by atoms with E-state index in [1.54, 1.807) is 12.1 Å². The van der Waals surface area contributed by atoms with E-state index in [1.807, 2.05) is 0 Å². The monoisotopic (exact) mass is 313 g/mol. The number of hydrogen-bond acceptors (Lipinski definition) is 5. The first kappa shape index (κ1) is 16.1. The van der Waals surface area contributed by atoms with Crippen molar-refractivity contribution in [2.75, 3.05) is 44.4 Å². The molecule has 0 saturated carbocycles. The van der Waals surface area contributed by atoms with Crippen LogP contribution in [0.2, 0.25) is 0 Å². The summed E-state index contributed by atoms with van der Waals surface area (Å²) in [6.07, 6.45) is 1.85. The molecule has 1 heterocycles. The van der Waals surface area contributed by atoms with E-state index < -0.39 is 10.0 Å². The molecule has 0 spiro atoms. The van der Waals surface area contributed by atoms with Crippen LogP contribution in [0, 0.1) is 5.92 Å². The standard InChI is InChI=1S/C14H23N3O3S/c1-16(2)21(19,20)12-3-4-14(13(15)9-12)17-7-5-11(10-18)6-8-17/h3-4,9,11,18H,5-8,10,15H2,1-2H3. The minimum Gasteiger partial charge on any atom is -0.397 e. The SMILES string of the molecule is CN(C)S(=O)(=O)c1ccc(N2CCC(CO)CC2)c(N)c1. The first-order chi connectivity index (χ1) is 9.86. The summed E-state index contributed by atoms with van der Waals surface area (Å²) >= 11 is 0. The molecule has 0 amide bonds. The minimum atomic E-state index is -3.46. The molecule has 0 radical (unpaired) electrons. The van der Waals surface area contributed by atoms with Gasteiger partial charge in [-0.1, -0.05) is 0 Å². The number of hydrogen-bond donors (Lipinski definition) is 2. The first-order valence-electron chi connectivity index (χ1n) is 7.04. The summed E-state index contributed by atoms with van der Waals surface area (Å²) in [6.45, 7) is 1.88. The van der Waals surface area contributed by atoms with E-state index in [-0.39, 0.29) is 11.5 Å². The predicted molar refractivity (Wildman–Crippen MR) is 83.8 cm³/mol. The molecule has 1 fully saturated rings. The highest BCUT2D eigenvalue weighted by Crippen LogP contribution is 2.30. The summed E-state index contributed by atoms with van der Waals surface area (Å²) in [7, 11) is -0.460. The van der Waals surface area contributed by atoms with Crippen LogP contribution in [0.5, 0.6) is 0 Å². The average molecular weight is 313 g/mol. The van der Waals surface area contributed by atoms with Crippen LogP contribution in [0.25, 0.3) is 0 Å². The van der Waals surface area contributed by atoms with Gasteiger partial charge >= 0.3 is 0 Å². The zero-order valence-corrected chi connectivity index (χ0v) is 13.3. The van der Waals surface area contributed by atoms with Crippen LogP contribution in [0.1, 0.15) is 12.8 Å². The second-order valence-corrected chi connectivity index (χ2v) is 7.77. The third-order valence-electron chi connectivity index (χ3n) is 3.99. The quantitative estimate of drug-likeness (QED) is 0.800. The van der Waals surface area contributed by atoms with Gasteiger partial charge in [0.15, 0.2) is 0 Å². The zero-order chi connectivity index (χ0) is 15.6. The van der Waals surface area contributed by atoms with Gasteiger partial charge in [0.05, 0.1) is 16.3 Å². The molecule has 3 N–H and O–H groups in total. The van der Waals surface area contributed by atoms with E-state index in [4.69, 9.17) is 10.8 Å². The number of aliphatic hydroxyl groups excluding tert-OH is 1. The number of benzene rings is 1. The number of nitrogens with zero attached hydrogens (tertiary/aromatic N) is 2. The molecule has 1 aliphatic rings. The lowest BCUT2D eigenvalue weighted by Gasteiger charge is -2.33. The lowest BCUT2D eigenvalue weighted by atomic mass is 9.97. The van der Waals surface area contributed by atoms with Gasteiger partial charge in [-0.2, -0.15) is 0 Å². The van der Waals surface area contributed by atoms with Crippen LogP contribution in [0.3, 0.4) is 0 Å². The Labute approximate surface area is 126 Å². The van der Waals surface area contributed by atoms with Crippen molar-refractivity contribution in [3.63, 3.8) is 0 Å². The van der Waals surface area contributed by atoms with Gasteiger partial charge in [-0.25, -0.2) is 12.7 Å². The fourth-order valence-electron chi connectivity index (χ4n) is 2.55.